The number of rotatable bonds is 4. The van der Waals surface area contributed by atoms with E-state index in [1.807, 2.05) is 0 Å². The molecule has 1 aromatic heterocycles. The molecular weight excluding hydrogens is 299 g/mol. The summed E-state index contributed by atoms with van der Waals surface area (Å²) in [5.74, 6) is -0.169. The Bertz CT molecular complexity index is 675. The van der Waals surface area contributed by atoms with Crippen LogP contribution in [0.1, 0.15) is 23.7 Å². The molecule has 6 nitrogen and oxygen atoms in total. The normalized spacial score (nSPS) is 18.2. The molecule has 1 aliphatic rings. The summed E-state index contributed by atoms with van der Waals surface area (Å²) in [5.41, 5.74) is 1.48. The molecule has 122 valence electrons. The van der Waals surface area contributed by atoms with E-state index in [4.69, 9.17) is 4.74 Å². The highest BCUT2D eigenvalue weighted by atomic mass is 19.1. The van der Waals surface area contributed by atoms with E-state index < -0.39 is 0 Å². The SMILES string of the molecule is Cc1cc(C2CN(C(=O)CCn3ccnn3)CCO2)ccc1F. The van der Waals surface area contributed by atoms with Crippen LogP contribution in [-0.4, -0.2) is 45.5 Å². The van der Waals surface area contributed by atoms with Crippen LogP contribution in [0.15, 0.2) is 30.6 Å². The van der Waals surface area contributed by atoms with Gasteiger partial charge < -0.3 is 9.64 Å². The molecule has 2 heterocycles. The van der Waals surface area contributed by atoms with E-state index in [1.54, 1.807) is 41.0 Å². The Morgan fingerprint density at radius 3 is 3.09 bits per heavy atom. The quantitative estimate of drug-likeness (QED) is 0.861. The number of hydrogen-bond donors (Lipinski definition) is 0. The number of nitrogens with zero attached hydrogens (tertiary/aromatic N) is 4. The summed E-state index contributed by atoms with van der Waals surface area (Å²) < 4.78 is 20.8. The van der Waals surface area contributed by atoms with E-state index >= 15 is 0 Å². The average molecular weight is 318 g/mol. The molecule has 1 fully saturated rings. The summed E-state index contributed by atoms with van der Waals surface area (Å²) in [6, 6.07) is 4.94. The van der Waals surface area contributed by atoms with Gasteiger partial charge in [-0.2, -0.15) is 0 Å². The molecular formula is C16H19FN4O2. The minimum Gasteiger partial charge on any atom is -0.370 e. The van der Waals surface area contributed by atoms with Crippen molar-refractivity contribution in [3.05, 3.63) is 47.5 Å². The van der Waals surface area contributed by atoms with Crippen LogP contribution < -0.4 is 0 Å². The number of benzene rings is 1. The molecule has 0 bridgehead atoms. The number of morpholine rings is 1. The molecule has 0 saturated carbocycles. The van der Waals surface area contributed by atoms with E-state index in [9.17, 15) is 9.18 Å². The number of ether oxygens (including phenoxy) is 1. The molecule has 1 aromatic carbocycles. The van der Waals surface area contributed by atoms with Crippen molar-refractivity contribution in [2.75, 3.05) is 19.7 Å². The lowest BCUT2D eigenvalue weighted by Gasteiger charge is -2.33. The Labute approximate surface area is 133 Å². The Morgan fingerprint density at radius 2 is 2.35 bits per heavy atom. The van der Waals surface area contributed by atoms with Gasteiger partial charge in [0.05, 0.1) is 25.9 Å². The van der Waals surface area contributed by atoms with Crippen molar-refractivity contribution < 1.29 is 13.9 Å². The van der Waals surface area contributed by atoms with Crippen molar-refractivity contribution in [3.63, 3.8) is 0 Å². The van der Waals surface area contributed by atoms with Crippen molar-refractivity contribution in [3.8, 4) is 0 Å². The van der Waals surface area contributed by atoms with Gasteiger partial charge in [0.1, 0.15) is 11.9 Å². The number of carbonyl (C=O) groups excluding carboxylic acids is 1. The van der Waals surface area contributed by atoms with Gasteiger partial charge in [0.2, 0.25) is 5.91 Å². The summed E-state index contributed by atoms with van der Waals surface area (Å²) >= 11 is 0. The first-order valence-electron chi connectivity index (χ1n) is 7.63. The molecule has 1 atom stereocenters. The largest absolute Gasteiger partial charge is 0.370 e. The topological polar surface area (TPSA) is 60.2 Å². The van der Waals surface area contributed by atoms with E-state index in [-0.39, 0.29) is 17.8 Å². The summed E-state index contributed by atoms with van der Waals surface area (Å²) in [7, 11) is 0. The standard InChI is InChI=1S/C16H19FN4O2/c1-12-10-13(2-3-14(12)17)15-11-20(8-9-23-15)16(22)4-6-21-7-5-18-19-21/h2-3,5,7,10,15H,4,6,8-9,11H2,1H3. The van der Waals surface area contributed by atoms with Crippen LogP contribution in [0, 0.1) is 12.7 Å². The van der Waals surface area contributed by atoms with E-state index in [2.05, 4.69) is 10.3 Å². The third-order valence-corrected chi connectivity index (χ3v) is 4.00. The lowest BCUT2D eigenvalue weighted by molar-refractivity contribution is -0.139. The summed E-state index contributed by atoms with van der Waals surface area (Å²) in [6.45, 7) is 3.78. The number of aromatic nitrogens is 3. The minimum atomic E-state index is -0.231. The molecule has 7 heteroatoms. The fraction of sp³-hybridized carbons (Fsp3) is 0.438. The molecule has 1 aliphatic heterocycles. The Kier molecular flexibility index (Phi) is 4.66. The fourth-order valence-corrected chi connectivity index (χ4v) is 2.67. The molecule has 1 amide bonds. The van der Waals surface area contributed by atoms with Gasteiger partial charge in [-0.15, -0.1) is 5.10 Å². The minimum absolute atomic E-state index is 0.0626. The molecule has 3 rings (SSSR count). The first-order chi connectivity index (χ1) is 11.1. The van der Waals surface area contributed by atoms with E-state index in [1.165, 1.54) is 6.07 Å². The molecule has 0 radical (unpaired) electrons. The maximum absolute atomic E-state index is 13.4. The molecule has 0 N–H and O–H groups in total. The van der Waals surface area contributed by atoms with E-state index in [0.717, 1.165) is 5.56 Å². The maximum atomic E-state index is 13.4. The third-order valence-electron chi connectivity index (χ3n) is 4.00. The molecule has 23 heavy (non-hydrogen) atoms. The predicted octanol–water partition coefficient (Wildman–Crippen LogP) is 1.72. The Hall–Kier alpha value is -2.28. The summed E-state index contributed by atoms with van der Waals surface area (Å²) in [5, 5.41) is 7.57. The molecule has 2 aromatic rings. The van der Waals surface area contributed by atoms with Gasteiger partial charge in [0.15, 0.2) is 0 Å². The number of halogens is 1. The van der Waals surface area contributed by atoms with Crippen LogP contribution in [-0.2, 0) is 16.1 Å². The second-order valence-corrected chi connectivity index (χ2v) is 5.62. The molecule has 1 unspecified atom stereocenters. The lowest BCUT2D eigenvalue weighted by atomic mass is 10.0. The van der Waals surface area contributed by atoms with Gasteiger partial charge in [-0.25, -0.2) is 4.39 Å². The molecule has 0 spiro atoms. The van der Waals surface area contributed by atoms with E-state index in [0.29, 0.717) is 38.2 Å². The van der Waals surface area contributed by atoms with Crippen LogP contribution in [0.5, 0.6) is 0 Å². The van der Waals surface area contributed by atoms with Gasteiger partial charge in [-0.3, -0.25) is 9.48 Å². The van der Waals surface area contributed by atoms with Crippen LogP contribution in [0.2, 0.25) is 0 Å². The second-order valence-electron chi connectivity index (χ2n) is 5.62. The number of hydrogen-bond acceptors (Lipinski definition) is 4. The third kappa shape index (κ3) is 3.73. The van der Waals surface area contributed by atoms with Crippen molar-refractivity contribution in [1.82, 2.24) is 19.9 Å². The van der Waals surface area contributed by atoms with Crippen LogP contribution >= 0.6 is 0 Å². The highest BCUT2D eigenvalue weighted by molar-refractivity contribution is 5.76. The number of amides is 1. The molecule has 1 saturated heterocycles. The smallest absolute Gasteiger partial charge is 0.224 e. The van der Waals surface area contributed by atoms with Gasteiger partial charge in [-0.1, -0.05) is 17.3 Å². The van der Waals surface area contributed by atoms with Crippen molar-refractivity contribution in [1.29, 1.82) is 0 Å². The summed E-state index contributed by atoms with van der Waals surface area (Å²) in [4.78, 5) is 14.1. The first kappa shape index (κ1) is 15.6. The zero-order valence-electron chi connectivity index (χ0n) is 13.0. The monoisotopic (exact) mass is 318 g/mol. The second kappa shape index (κ2) is 6.87. The van der Waals surface area contributed by atoms with Crippen LogP contribution in [0.4, 0.5) is 4.39 Å². The zero-order chi connectivity index (χ0) is 16.2. The number of aryl methyl sites for hydroxylation is 2. The highest BCUT2D eigenvalue weighted by Crippen LogP contribution is 2.24. The van der Waals surface area contributed by atoms with Crippen molar-refractivity contribution in [2.24, 2.45) is 0 Å². The maximum Gasteiger partial charge on any atom is 0.224 e. The average Bonchev–Trinajstić information content (AvgIpc) is 3.09. The Balaban J connectivity index is 1.60. The first-order valence-corrected chi connectivity index (χ1v) is 7.63. The van der Waals surface area contributed by atoms with Gasteiger partial charge >= 0.3 is 0 Å². The van der Waals surface area contributed by atoms with Crippen LogP contribution in [0.3, 0.4) is 0 Å². The predicted molar refractivity (Wildman–Crippen MR) is 81.0 cm³/mol. The Morgan fingerprint density at radius 1 is 1.48 bits per heavy atom. The van der Waals surface area contributed by atoms with Gasteiger partial charge in [-0.05, 0) is 24.1 Å². The van der Waals surface area contributed by atoms with Crippen molar-refractivity contribution in [2.45, 2.75) is 26.0 Å². The summed E-state index contributed by atoms with van der Waals surface area (Å²) in [6.07, 6.45) is 3.49. The zero-order valence-corrected chi connectivity index (χ0v) is 13.0. The highest BCUT2D eigenvalue weighted by Gasteiger charge is 2.25. The molecule has 0 aliphatic carbocycles. The van der Waals surface area contributed by atoms with Gasteiger partial charge in [0.25, 0.3) is 0 Å². The van der Waals surface area contributed by atoms with Gasteiger partial charge in [0, 0.05) is 19.2 Å². The number of carbonyl (C=O) groups is 1. The van der Waals surface area contributed by atoms with Crippen LogP contribution in [0.25, 0.3) is 0 Å². The lowest BCUT2D eigenvalue weighted by Crippen LogP contribution is -2.42. The van der Waals surface area contributed by atoms with Crippen molar-refractivity contribution >= 4 is 5.91 Å². The fourth-order valence-electron chi connectivity index (χ4n) is 2.67.